The van der Waals surface area contributed by atoms with Gasteiger partial charge in [-0.3, -0.25) is 4.52 Å². The second kappa shape index (κ2) is 4.72. The van der Waals surface area contributed by atoms with Crippen molar-refractivity contribution in [3.63, 3.8) is 0 Å². The Hall–Kier alpha value is -1.66. The van der Waals surface area contributed by atoms with Crippen LogP contribution < -0.4 is 4.52 Å². The zero-order chi connectivity index (χ0) is 10.5. The number of hydrogen-bond acceptors (Lipinski definition) is 2. The molecule has 0 aliphatic rings. The Morgan fingerprint density at radius 2 is 1.40 bits per heavy atom. The molecule has 0 saturated heterocycles. The van der Waals surface area contributed by atoms with E-state index in [0.717, 1.165) is 11.1 Å². The van der Waals surface area contributed by atoms with E-state index in [1.165, 1.54) is 0 Å². The van der Waals surface area contributed by atoms with E-state index in [0.29, 0.717) is 5.75 Å². The third-order valence-corrected chi connectivity index (χ3v) is 2.44. The third-order valence-electron chi connectivity index (χ3n) is 2.12. The minimum absolute atomic E-state index is 0.628. The van der Waals surface area contributed by atoms with E-state index in [1.54, 1.807) is 0 Å². The summed E-state index contributed by atoms with van der Waals surface area (Å²) in [5.74, 6) is 0.628. The maximum absolute atomic E-state index is 10.3. The first-order valence-electron chi connectivity index (χ1n) is 4.59. The van der Waals surface area contributed by atoms with Gasteiger partial charge >= 0.3 is 8.69 Å². The van der Waals surface area contributed by atoms with E-state index < -0.39 is 8.69 Å². The molecular formula is C12H10O2P+. The van der Waals surface area contributed by atoms with Gasteiger partial charge in [-0.2, -0.15) is 0 Å². The van der Waals surface area contributed by atoms with Gasteiger partial charge in [0.05, 0.1) is 0 Å². The highest BCUT2D eigenvalue weighted by Gasteiger charge is 2.00. The summed E-state index contributed by atoms with van der Waals surface area (Å²) in [6.07, 6.45) is 0. The first kappa shape index (κ1) is 9.88. The lowest BCUT2D eigenvalue weighted by Gasteiger charge is -2.00. The van der Waals surface area contributed by atoms with Crippen molar-refractivity contribution in [2.24, 2.45) is 0 Å². The fourth-order valence-electron chi connectivity index (χ4n) is 1.39. The van der Waals surface area contributed by atoms with Crippen LogP contribution in [0, 0.1) is 0 Å². The Morgan fingerprint density at radius 3 is 2.00 bits per heavy atom. The average Bonchev–Trinajstić information content (AvgIpc) is 2.32. The van der Waals surface area contributed by atoms with Gasteiger partial charge in [-0.25, -0.2) is 0 Å². The largest absolute Gasteiger partial charge is 0.542 e. The standard InChI is InChI=1S/C12H10O2P/c13-15-14-12-8-6-11(7-9-12)10-4-2-1-3-5-10/h1-9,15H/q+1. The van der Waals surface area contributed by atoms with Crippen LogP contribution in [0.1, 0.15) is 0 Å². The molecule has 3 heteroatoms. The maximum Gasteiger partial charge on any atom is 0.542 e. The van der Waals surface area contributed by atoms with E-state index in [1.807, 2.05) is 54.6 Å². The molecular weight excluding hydrogens is 207 g/mol. The minimum atomic E-state index is -0.751. The molecule has 0 aliphatic carbocycles. The molecule has 15 heavy (non-hydrogen) atoms. The van der Waals surface area contributed by atoms with Gasteiger partial charge in [0.1, 0.15) is 0 Å². The van der Waals surface area contributed by atoms with Crippen molar-refractivity contribution >= 4 is 8.69 Å². The van der Waals surface area contributed by atoms with Gasteiger partial charge in [0.2, 0.25) is 0 Å². The van der Waals surface area contributed by atoms with Crippen LogP contribution >= 0.6 is 8.69 Å². The van der Waals surface area contributed by atoms with Gasteiger partial charge in [-0.15, -0.1) is 0 Å². The van der Waals surface area contributed by atoms with Crippen molar-refractivity contribution in [3.05, 3.63) is 54.6 Å². The average molecular weight is 217 g/mol. The van der Waals surface area contributed by atoms with Gasteiger partial charge in [0, 0.05) is 0 Å². The zero-order valence-electron chi connectivity index (χ0n) is 8.01. The molecule has 2 nitrogen and oxygen atoms in total. The molecule has 0 heterocycles. The zero-order valence-corrected chi connectivity index (χ0v) is 9.01. The topological polar surface area (TPSA) is 26.3 Å². The summed E-state index contributed by atoms with van der Waals surface area (Å²) in [6, 6.07) is 17.6. The van der Waals surface area contributed by atoms with Crippen LogP contribution in [-0.2, 0) is 4.57 Å². The van der Waals surface area contributed by atoms with Crippen molar-refractivity contribution in [2.45, 2.75) is 0 Å². The fourth-order valence-corrected chi connectivity index (χ4v) is 1.63. The van der Waals surface area contributed by atoms with Crippen LogP contribution in [0.2, 0.25) is 0 Å². The molecule has 0 spiro atoms. The summed E-state index contributed by atoms with van der Waals surface area (Å²) in [5, 5.41) is 0. The summed E-state index contributed by atoms with van der Waals surface area (Å²) in [6.45, 7) is 0. The highest BCUT2D eigenvalue weighted by Crippen LogP contribution is 2.23. The maximum atomic E-state index is 10.3. The van der Waals surface area contributed by atoms with Crippen molar-refractivity contribution in [2.75, 3.05) is 0 Å². The van der Waals surface area contributed by atoms with Crippen molar-refractivity contribution < 1.29 is 9.09 Å². The minimum Gasteiger partial charge on any atom is -0.256 e. The quantitative estimate of drug-likeness (QED) is 0.733. The monoisotopic (exact) mass is 217 g/mol. The van der Waals surface area contributed by atoms with Gasteiger partial charge < -0.3 is 0 Å². The summed E-state index contributed by atoms with van der Waals surface area (Å²) >= 11 is 0. The SMILES string of the molecule is O=[PH+]Oc1ccc(-c2ccccc2)cc1. The second-order valence-corrected chi connectivity index (χ2v) is 3.45. The molecule has 0 aliphatic heterocycles. The molecule has 0 radical (unpaired) electrons. The Balaban J connectivity index is 2.28. The molecule has 0 amide bonds. The second-order valence-electron chi connectivity index (χ2n) is 3.08. The van der Waals surface area contributed by atoms with Crippen LogP contribution in [0.5, 0.6) is 5.75 Å². The lowest BCUT2D eigenvalue weighted by molar-refractivity contribution is 0.525. The van der Waals surface area contributed by atoms with Gasteiger partial charge in [-0.1, -0.05) is 42.5 Å². The molecule has 0 aromatic heterocycles. The Kier molecular flexibility index (Phi) is 3.11. The summed E-state index contributed by atoms with van der Waals surface area (Å²) < 4.78 is 15.1. The normalized spacial score (nSPS) is 10.1. The van der Waals surface area contributed by atoms with E-state index in [2.05, 4.69) is 0 Å². The Morgan fingerprint density at radius 1 is 0.800 bits per heavy atom. The van der Waals surface area contributed by atoms with Gasteiger partial charge in [0.15, 0.2) is 5.75 Å². The predicted octanol–water partition coefficient (Wildman–Crippen LogP) is 3.67. The molecule has 2 aromatic carbocycles. The van der Waals surface area contributed by atoms with E-state index in [4.69, 9.17) is 4.52 Å². The lowest BCUT2D eigenvalue weighted by Crippen LogP contribution is -1.78. The number of benzene rings is 2. The number of rotatable bonds is 3. The summed E-state index contributed by atoms with van der Waals surface area (Å²) in [4.78, 5) is 0. The van der Waals surface area contributed by atoms with Crippen LogP contribution in [0.4, 0.5) is 0 Å². The highest BCUT2D eigenvalue weighted by atomic mass is 31.1. The van der Waals surface area contributed by atoms with E-state index in [9.17, 15) is 4.57 Å². The molecule has 2 aromatic rings. The van der Waals surface area contributed by atoms with Crippen LogP contribution in [0.15, 0.2) is 54.6 Å². The van der Waals surface area contributed by atoms with Gasteiger partial charge in [-0.05, 0) is 27.8 Å². The van der Waals surface area contributed by atoms with Crippen LogP contribution in [0.25, 0.3) is 11.1 Å². The highest BCUT2D eigenvalue weighted by molar-refractivity contribution is 7.17. The molecule has 1 atom stereocenters. The van der Waals surface area contributed by atoms with Crippen molar-refractivity contribution in [1.82, 2.24) is 0 Å². The Labute approximate surface area is 89.8 Å². The molecule has 1 unspecified atom stereocenters. The Bertz CT molecular complexity index is 437. The van der Waals surface area contributed by atoms with Crippen molar-refractivity contribution in [3.8, 4) is 16.9 Å². The predicted molar refractivity (Wildman–Crippen MR) is 61.5 cm³/mol. The smallest absolute Gasteiger partial charge is 0.256 e. The fraction of sp³-hybridized carbons (Fsp3) is 0. The summed E-state index contributed by atoms with van der Waals surface area (Å²) in [5.41, 5.74) is 2.28. The van der Waals surface area contributed by atoms with E-state index >= 15 is 0 Å². The molecule has 0 N–H and O–H groups in total. The van der Waals surface area contributed by atoms with Crippen LogP contribution in [-0.4, -0.2) is 0 Å². The third kappa shape index (κ3) is 2.42. The molecule has 2 rings (SSSR count). The first-order chi connectivity index (χ1) is 7.40. The lowest BCUT2D eigenvalue weighted by atomic mass is 10.1. The first-order valence-corrected chi connectivity index (χ1v) is 5.41. The van der Waals surface area contributed by atoms with Crippen LogP contribution in [0.3, 0.4) is 0 Å². The molecule has 74 valence electrons. The van der Waals surface area contributed by atoms with E-state index in [-0.39, 0.29) is 0 Å². The molecule has 0 bridgehead atoms. The number of hydrogen-bond donors (Lipinski definition) is 0. The molecule has 0 fully saturated rings. The van der Waals surface area contributed by atoms with Gasteiger partial charge in [0.25, 0.3) is 0 Å². The summed E-state index contributed by atoms with van der Waals surface area (Å²) in [7, 11) is -0.751. The van der Waals surface area contributed by atoms with Crippen molar-refractivity contribution in [1.29, 1.82) is 0 Å². The molecule has 0 saturated carbocycles.